The Balaban J connectivity index is 1.69. The second-order valence-corrected chi connectivity index (χ2v) is 9.44. The summed E-state index contributed by atoms with van der Waals surface area (Å²) in [5, 5.41) is 18.2. The number of fused-ring (bicyclic) bond motifs is 4. The molecule has 3 N–H and O–H groups in total. The van der Waals surface area contributed by atoms with Crippen LogP contribution in [0, 0.1) is 0 Å². The number of methoxy groups -OCH3 is 1. The first-order valence-electron chi connectivity index (χ1n) is 12.5. The molecule has 1 unspecified atom stereocenters. The summed E-state index contributed by atoms with van der Waals surface area (Å²) in [5.41, 5.74) is 1.88. The van der Waals surface area contributed by atoms with E-state index in [1.54, 1.807) is 31.3 Å². The van der Waals surface area contributed by atoms with Gasteiger partial charge in [-0.25, -0.2) is 14.8 Å². The van der Waals surface area contributed by atoms with Crippen molar-refractivity contribution in [2.24, 2.45) is 0 Å². The van der Waals surface area contributed by atoms with Crippen LogP contribution >= 0.6 is 0 Å². The molecule has 0 spiro atoms. The number of hydrogen-bond donors (Lipinski definition) is 3. The van der Waals surface area contributed by atoms with Crippen molar-refractivity contribution in [3.63, 3.8) is 0 Å². The predicted octanol–water partition coefficient (Wildman–Crippen LogP) is 4.09. The summed E-state index contributed by atoms with van der Waals surface area (Å²) < 4.78 is 11.2. The smallest absolute Gasteiger partial charge is 0.342 e. The van der Waals surface area contributed by atoms with Gasteiger partial charge >= 0.3 is 5.97 Å². The van der Waals surface area contributed by atoms with Gasteiger partial charge in [0.2, 0.25) is 0 Å². The van der Waals surface area contributed by atoms with Crippen LogP contribution in [0.4, 0.5) is 0 Å². The summed E-state index contributed by atoms with van der Waals surface area (Å²) in [6, 6.07) is 10.5. The van der Waals surface area contributed by atoms with Gasteiger partial charge in [-0.1, -0.05) is 24.3 Å². The van der Waals surface area contributed by atoms with Gasteiger partial charge < -0.3 is 25.2 Å². The third kappa shape index (κ3) is 4.62. The molecule has 9 heteroatoms. The van der Waals surface area contributed by atoms with Crippen LogP contribution in [0.5, 0.6) is 11.5 Å². The highest BCUT2D eigenvalue weighted by molar-refractivity contribution is 6.19. The number of aromatic hydroxyl groups is 1. The quantitative estimate of drug-likeness (QED) is 0.196. The average molecular weight is 503 g/mol. The number of amides is 1. The van der Waals surface area contributed by atoms with E-state index in [1.165, 1.54) is 7.11 Å². The van der Waals surface area contributed by atoms with Gasteiger partial charge in [-0.2, -0.15) is 0 Å². The summed E-state index contributed by atoms with van der Waals surface area (Å²) in [4.78, 5) is 35.9. The zero-order chi connectivity index (χ0) is 26.1. The summed E-state index contributed by atoms with van der Waals surface area (Å²) in [6.07, 6.45) is 3.68. The Hall–Kier alpha value is -3.98. The Kier molecular flexibility index (Phi) is 6.80. The van der Waals surface area contributed by atoms with Crippen molar-refractivity contribution in [1.29, 1.82) is 0 Å². The van der Waals surface area contributed by atoms with Gasteiger partial charge in [0, 0.05) is 29.4 Å². The van der Waals surface area contributed by atoms with E-state index in [-0.39, 0.29) is 34.5 Å². The van der Waals surface area contributed by atoms with Crippen molar-refractivity contribution in [2.45, 2.75) is 44.8 Å². The van der Waals surface area contributed by atoms with Gasteiger partial charge in [-0.05, 0) is 45.7 Å². The molecule has 1 aliphatic carbocycles. The molecule has 1 saturated carbocycles. The lowest BCUT2D eigenvalue weighted by molar-refractivity contribution is 0.0314. The molecule has 192 valence electrons. The molecule has 1 aromatic heterocycles. The standard InChI is InChI=1S/C28H30N4O5/c1-15(29-2)14-30-27(34)23-25-24(17-10-6-7-11-18(17)26(23)33)31-21-13-22(36-3)19(12-20(21)32-25)28(35)37-16-8-4-5-9-16/h6-7,10-13,15-16,29,33H,4-5,8-9,14H2,1-3H3,(H,30,34). The third-order valence-corrected chi connectivity index (χ3v) is 6.98. The van der Waals surface area contributed by atoms with Crippen LogP contribution < -0.4 is 15.4 Å². The van der Waals surface area contributed by atoms with E-state index in [2.05, 4.69) is 10.6 Å². The number of esters is 1. The van der Waals surface area contributed by atoms with Crippen molar-refractivity contribution in [2.75, 3.05) is 20.7 Å². The number of ether oxygens (including phenoxy) is 2. The molecule has 1 aliphatic rings. The minimum Gasteiger partial charge on any atom is -0.506 e. The third-order valence-electron chi connectivity index (χ3n) is 6.98. The zero-order valence-corrected chi connectivity index (χ0v) is 21.1. The van der Waals surface area contributed by atoms with Gasteiger partial charge in [-0.15, -0.1) is 0 Å². The van der Waals surface area contributed by atoms with Crippen molar-refractivity contribution in [1.82, 2.24) is 20.6 Å². The molecule has 1 fully saturated rings. The first-order valence-corrected chi connectivity index (χ1v) is 12.5. The molecule has 5 rings (SSSR count). The topological polar surface area (TPSA) is 123 Å². The molecule has 1 atom stereocenters. The number of carbonyl (C=O) groups excluding carboxylic acids is 2. The van der Waals surface area contributed by atoms with Crippen LogP contribution in [0.2, 0.25) is 0 Å². The van der Waals surface area contributed by atoms with Crippen molar-refractivity contribution in [3.8, 4) is 11.5 Å². The van der Waals surface area contributed by atoms with Crippen LogP contribution in [0.15, 0.2) is 36.4 Å². The summed E-state index contributed by atoms with van der Waals surface area (Å²) in [7, 11) is 3.30. The molecule has 4 aromatic rings. The molecule has 1 heterocycles. The Bertz CT molecular complexity index is 1510. The molecule has 0 radical (unpaired) electrons. The van der Waals surface area contributed by atoms with Crippen molar-refractivity contribution >= 4 is 44.7 Å². The van der Waals surface area contributed by atoms with E-state index in [9.17, 15) is 14.7 Å². The summed E-state index contributed by atoms with van der Waals surface area (Å²) >= 11 is 0. The van der Waals surface area contributed by atoms with E-state index >= 15 is 0 Å². The zero-order valence-electron chi connectivity index (χ0n) is 21.1. The number of benzene rings is 3. The molecular formula is C28H30N4O5. The van der Waals surface area contributed by atoms with Crippen molar-refractivity contribution in [3.05, 3.63) is 47.5 Å². The van der Waals surface area contributed by atoms with Crippen molar-refractivity contribution < 1.29 is 24.2 Å². The molecular weight excluding hydrogens is 472 g/mol. The van der Waals surface area contributed by atoms with Crippen LogP contribution in [0.25, 0.3) is 32.8 Å². The number of nitrogens with one attached hydrogen (secondary N) is 2. The van der Waals surface area contributed by atoms with Crippen LogP contribution in [-0.2, 0) is 4.74 Å². The van der Waals surface area contributed by atoms with Gasteiger partial charge in [0.1, 0.15) is 34.2 Å². The first-order chi connectivity index (χ1) is 17.9. The van der Waals surface area contributed by atoms with Crippen LogP contribution in [0.3, 0.4) is 0 Å². The second kappa shape index (κ2) is 10.2. The normalized spacial score (nSPS) is 14.8. The fraction of sp³-hybridized carbons (Fsp3) is 0.357. The van der Waals surface area contributed by atoms with Gasteiger partial charge in [-0.3, -0.25) is 4.79 Å². The Labute approximate surface area is 214 Å². The number of aromatic nitrogens is 2. The molecule has 0 aliphatic heterocycles. The van der Waals surface area contributed by atoms with Gasteiger partial charge in [0.05, 0.1) is 23.7 Å². The maximum Gasteiger partial charge on any atom is 0.342 e. The Morgan fingerprint density at radius 2 is 1.76 bits per heavy atom. The van der Waals surface area contributed by atoms with E-state index < -0.39 is 11.9 Å². The number of rotatable bonds is 7. The minimum atomic E-state index is -0.479. The highest BCUT2D eigenvalue weighted by Crippen LogP contribution is 2.37. The fourth-order valence-corrected chi connectivity index (χ4v) is 4.79. The summed E-state index contributed by atoms with van der Waals surface area (Å²) in [6.45, 7) is 2.30. The number of likely N-dealkylation sites (N-methyl/N-ethyl adjacent to an activating group) is 1. The maximum atomic E-state index is 13.3. The Morgan fingerprint density at radius 3 is 2.46 bits per heavy atom. The highest BCUT2D eigenvalue weighted by Gasteiger charge is 2.25. The van der Waals surface area contributed by atoms with E-state index in [0.717, 1.165) is 25.7 Å². The molecule has 3 aromatic carbocycles. The lowest BCUT2D eigenvalue weighted by Gasteiger charge is -2.16. The first kappa shape index (κ1) is 24.7. The number of nitrogens with zero attached hydrogens (tertiary/aromatic N) is 2. The fourth-order valence-electron chi connectivity index (χ4n) is 4.79. The van der Waals surface area contributed by atoms with Gasteiger partial charge in [0.15, 0.2) is 0 Å². The largest absolute Gasteiger partial charge is 0.506 e. The predicted molar refractivity (Wildman–Crippen MR) is 141 cm³/mol. The minimum absolute atomic E-state index is 0.0330. The number of carbonyl (C=O) groups is 2. The lowest BCUT2D eigenvalue weighted by Crippen LogP contribution is -2.37. The number of phenols is 1. The van der Waals surface area contributed by atoms with E-state index in [1.807, 2.05) is 19.1 Å². The lowest BCUT2D eigenvalue weighted by atomic mass is 10.0. The van der Waals surface area contributed by atoms with Crippen LogP contribution in [-0.4, -0.2) is 59.8 Å². The van der Waals surface area contributed by atoms with Gasteiger partial charge in [0.25, 0.3) is 5.91 Å². The van der Waals surface area contributed by atoms with Crippen LogP contribution in [0.1, 0.15) is 53.3 Å². The number of hydrogen-bond acceptors (Lipinski definition) is 8. The second-order valence-electron chi connectivity index (χ2n) is 9.44. The monoisotopic (exact) mass is 502 g/mol. The molecule has 0 bridgehead atoms. The van der Waals surface area contributed by atoms with E-state index in [4.69, 9.17) is 19.4 Å². The summed E-state index contributed by atoms with van der Waals surface area (Å²) in [5.74, 6) is -0.765. The SMILES string of the molecule is CNC(C)CNC(=O)c1c(O)c2ccccc2c2nc3cc(OC)c(C(=O)OC4CCCC4)cc3nc12. The highest BCUT2D eigenvalue weighted by atomic mass is 16.5. The maximum absolute atomic E-state index is 13.3. The molecule has 1 amide bonds. The molecule has 9 nitrogen and oxygen atoms in total. The average Bonchev–Trinajstić information content (AvgIpc) is 3.43. The Morgan fingerprint density at radius 1 is 1.08 bits per heavy atom. The van der Waals surface area contributed by atoms with E-state index in [0.29, 0.717) is 39.6 Å². The molecule has 0 saturated heterocycles. The number of phenolic OH excluding ortho intramolecular Hbond substituents is 1. The molecule has 37 heavy (non-hydrogen) atoms.